The molecule has 0 bridgehead atoms. The highest BCUT2D eigenvalue weighted by molar-refractivity contribution is 5.62. The van der Waals surface area contributed by atoms with Gasteiger partial charge in [-0.05, 0) is 37.0 Å². The van der Waals surface area contributed by atoms with Crippen LogP contribution in [0.5, 0.6) is 0 Å². The van der Waals surface area contributed by atoms with Crippen LogP contribution in [0.4, 0.5) is 5.69 Å². The van der Waals surface area contributed by atoms with E-state index >= 15 is 0 Å². The molecule has 1 spiro atoms. The minimum absolute atomic E-state index is 0.531. The molecule has 1 heterocycles. The molecule has 0 atom stereocenters. The highest BCUT2D eigenvalue weighted by Crippen LogP contribution is 2.50. The zero-order chi connectivity index (χ0) is 8.89. The van der Waals surface area contributed by atoms with Crippen molar-refractivity contribution in [3.05, 3.63) is 29.3 Å². The molecular weight excluding hydrogens is 158 g/mol. The van der Waals surface area contributed by atoms with Gasteiger partial charge >= 0.3 is 0 Å². The van der Waals surface area contributed by atoms with Crippen LogP contribution in [0.2, 0.25) is 0 Å². The quantitative estimate of drug-likeness (QED) is 0.636. The molecule has 1 aliphatic heterocycles. The summed E-state index contributed by atoms with van der Waals surface area (Å²) in [6, 6.07) is 6.85. The summed E-state index contributed by atoms with van der Waals surface area (Å²) in [7, 11) is 0. The average molecular weight is 173 g/mol. The molecule has 13 heavy (non-hydrogen) atoms. The van der Waals surface area contributed by atoms with E-state index < -0.39 is 0 Å². The Morgan fingerprint density at radius 2 is 2.15 bits per heavy atom. The molecule has 2 aliphatic rings. The minimum atomic E-state index is 0.531. The molecule has 1 saturated carbocycles. The van der Waals surface area contributed by atoms with Crippen LogP contribution in [-0.2, 0) is 5.41 Å². The lowest BCUT2D eigenvalue weighted by Crippen LogP contribution is -2.35. The molecule has 0 saturated heterocycles. The van der Waals surface area contributed by atoms with Crippen molar-refractivity contribution in [1.29, 1.82) is 0 Å². The summed E-state index contributed by atoms with van der Waals surface area (Å²) in [6.45, 7) is 3.33. The Morgan fingerprint density at radius 1 is 1.31 bits per heavy atom. The van der Waals surface area contributed by atoms with Crippen molar-refractivity contribution >= 4 is 5.69 Å². The summed E-state index contributed by atoms with van der Waals surface area (Å²) >= 11 is 0. The summed E-state index contributed by atoms with van der Waals surface area (Å²) in [4.78, 5) is 0. The summed E-state index contributed by atoms with van der Waals surface area (Å²) in [5, 5.41) is 3.53. The van der Waals surface area contributed by atoms with Crippen LogP contribution in [0.25, 0.3) is 0 Å². The van der Waals surface area contributed by atoms with Gasteiger partial charge in [-0.3, -0.25) is 0 Å². The van der Waals surface area contributed by atoms with Crippen molar-refractivity contribution in [3.63, 3.8) is 0 Å². The predicted molar refractivity (Wildman–Crippen MR) is 55.2 cm³/mol. The number of hydrogen-bond acceptors (Lipinski definition) is 1. The fourth-order valence-corrected chi connectivity index (χ4v) is 2.68. The van der Waals surface area contributed by atoms with Gasteiger partial charge in [0.05, 0.1) is 0 Å². The number of hydrogen-bond donors (Lipinski definition) is 1. The van der Waals surface area contributed by atoms with Crippen LogP contribution in [0.1, 0.15) is 30.4 Å². The first-order valence-electron chi connectivity index (χ1n) is 5.15. The third-order valence-corrected chi connectivity index (χ3v) is 3.67. The van der Waals surface area contributed by atoms with Crippen LogP contribution in [0, 0.1) is 6.92 Å². The molecule has 1 heteroatoms. The number of aryl methyl sites for hydroxylation is 1. The maximum absolute atomic E-state index is 3.53. The Labute approximate surface area is 79.2 Å². The molecule has 3 rings (SSSR count). The van der Waals surface area contributed by atoms with Gasteiger partial charge < -0.3 is 5.32 Å². The number of rotatable bonds is 0. The van der Waals surface area contributed by atoms with Gasteiger partial charge in [0.1, 0.15) is 0 Å². The molecule has 1 aromatic carbocycles. The second kappa shape index (κ2) is 2.28. The minimum Gasteiger partial charge on any atom is -0.384 e. The highest BCUT2D eigenvalue weighted by atomic mass is 14.9. The Balaban J connectivity index is 2.11. The van der Waals surface area contributed by atoms with E-state index in [1.165, 1.54) is 37.1 Å². The van der Waals surface area contributed by atoms with E-state index in [1.54, 1.807) is 5.56 Å². The van der Waals surface area contributed by atoms with Crippen molar-refractivity contribution < 1.29 is 0 Å². The highest BCUT2D eigenvalue weighted by Gasteiger charge is 2.43. The van der Waals surface area contributed by atoms with Gasteiger partial charge in [0.2, 0.25) is 0 Å². The van der Waals surface area contributed by atoms with Crippen molar-refractivity contribution in [3.8, 4) is 0 Å². The average Bonchev–Trinajstić information content (AvgIpc) is 2.41. The Kier molecular flexibility index (Phi) is 1.30. The first-order valence-corrected chi connectivity index (χ1v) is 5.15. The molecule has 68 valence electrons. The van der Waals surface area contributed by atoms with Gasteiger partial charge in [-0.25, -0.2) is 0 Å². The number of benzene rings is 1. The smallest absolute Gasteiger partial charge is 0.0382 e. The molecule has 0 unspecified atom stereocenters. The zero-order valence-electron chi connectivity index (χ0n) is 8.06. The molecule has 0 amide bonds. The summed E-state index contributed by atoms with van der Waals surface area (Å²) in [5.74, 6) is 0. The second-order valence-electron chi connectivity index (χ2n) is 4.54. The van der Waals surface area contributed by atoms with Crippen LogP contribution < -0.4 is 5.32 Å². The maximum Gasteiger partial charge on any atom is 0.0382 e. The van der Waals surface area contributed by atoms with Gasteiger partial charge in [0.15, 0.2) is 0 Å². The first kappa shape index (κ1) is 7.43. The van der Waals surface area contributed by atoms with E-state index in [-0.39, 0.29) is 0 Å². The Bertz CT molecular complexity index is 350. The fraction of sp³-hybridized carbons (Fsp3) is 0.500. The van der Waals surface area contributed by atoms with Crippen LogP contribution in [0.15, 0.2) is 18.2 Å². The second-order valence-corrected chi connectivity index (χ2v) is 4.54. The van der Waals surface area contributed by atoms with Gasteiger partial charge in [0, 0.05) is 17.6 Å². The van der Waals surface area contributed by atoms with Gasteiger partial charge in [-0.1, -0.05) is 18.6 Å². The van der Waals surface area contributed by atoms with Crippen molar-refractivity contribution in [1.82, 2.24) is 0 Å². The van der Waals surface area contributed by atoms with Crippen LogP contribution >= 0.6 is 0 Å². The normalized spacial score (nSPS) is 22.2. The van der Waals surface area contributed by atoms with Crippen LogP contribution in [-0.4, -0.2) is 6.54 Å². The molecule has 0 aromatic heterocycles. The maximum atomic E-state index is 3.53. The van der Waals surface area contributed by atoms with Crippen LogP contribution in [0.3, 0.4) is 0 Å². The lowest BCUT2D eigenvalue weighted by atomic mass is 9.66. The number of fused-ring (bicyclic) bond motifs is 2. The van der Waals surface area contributed by atoms with Gasteiger partial charge in [0.25, 0.3) is 0 Å². The van der Waals surface area contributed by atoms with Crippen molar-refractivity contribution in [2.45, 2.75) is 31.6 Å². The molecule has 1 N–H and O–H groups in total. The Hall–Kier alpha value is -0.980. The standard InChI is InChI=1S/C12H15N/c1-9-3-4-10-11(7-9)13-8-12(10)5-2-6-12/h3-4,7,13H,2,5-6,8H2,1H3. The van der Waals surface area contributed by atoms with E-state index in [0.717, 1.165) is 0 Å². The predicted octanol–water partition coefficient (Wildman–Crippen LogP) is 2.84. The molecule has 0 radical (unpaired) electrons. The SMILES string of the molecule is Cc1ccc2c(c1)NCC21CCC1. The summed E-state index contributed by atoms with van der Waals surface area (Å²) in [6.07, 6.45) is 4.18. The fourth-order valence-electron chi connectivity index (χ4n) is 2.68. The number of nitrogens with one attached hydrogen (secondary N) is 1. The summed E-state index contributed by atoms with van der Waals surface area (Å²) < 4.78 is 0. The first-order chi connectivity index (χ1) is 6.30. The zero-order valence-corrected chi connectivity index (χ0v) is 8.06. The topological polar surface area (TPSA) is 12.0 Å². The lowest BCUT2D eigenvalue weighted by molar-refractivity contribution is 0.272. The molecule has 1 aliphatic carbocycles. The third-order valence-electron chi connectivity index (χ3n) is 3.67. The van der Waals surface area contributed by atoms with E-state index in [0.29, 0.717) is 5.41 Å². The van der Waals surface area contributed by atoms with Gasteiger partial charge in [-0.2, -0.15) is 0 Å². The monoisotopic (exact) mass is 173 g/mol. The Morgan fingerprint density at radius 3 is 2.85 bits per heavy atom. The van der Waals surface area contributed by atoms with Gasteiger partial charge in [-0.15, -0.1) is 0 Å². The van der Waals surface area contributed by atoms with E-state index in [1.807, 2.05) is 0 Å². The molecule has 1 aromatic rings. The van der Waals surface area contributed by atoms with E-state index in [2.05, 4.69) is 30.4 Å². The largest absolute Gasteiger partial charge is 0.384 e. The summed E-state index contributed by atoms with van der Waals surface area (Å²) in [5.41, 5.74) is 4.86. The third kappa shape index (κ3) is 0.874. The van der Waals surface area contributed by atoms with Crippen molar-refractivity contribution in [2.75, 3.05) is 11.9 Å². The lowest BCUT2D eigenvalue weighted by Gasteiger charge is -2.38. The molecule has 1 fully saturated rings. The van der Waals surface area contributed by atoms with Crippen molar-refractivity contribution in [2.24, 2.45) is 0 Å². The van der Waals surface area contributed by atoms with E-state index in [4.69, 9.17) is 0 Å². The number of anilines is 1. The molecular formula is C12H15N. The molecule has 1 nitrogen and oxygen atoms in total. The van der Waals surface area contributed by atoms with E-state index in [9.17, 15) is 0 Å².